The van der Waals surface area contributed by atoms with E-state index in [-0.39, 0.29) is 0 Å². The van der Waals surface area contributed by atoms with Crippen molar-refractivity contribution in [3.63, 3.8) is 0 Å². The van der Waals surface area contributed by atoms with Gasteiger partial charge in [-0.15, -0.1) is 11.6 Å². The maximum absolute atomic E-state index is 5.58. The van der Waals surface area contributed by atoms with Crippen molar-refractivity contribution in [1.29, 1.82) is 0 Å². The molecule has 0 bridgehead atoms. The van der Waals surface area contributed by atoms with E-state index in [4.69, 9.17) is 11.6 Å². The summed E-state index contributed by atoms with van der Waals surface area (Å²) < 4.78 is 0. The van der Waals surface area contributed by atoms with Crippen molar-refractivity contribution >= 4 is 11.6 Å². The van der Waals surface area contributed by atoms with Gasteiger partial charge in [0.05, 0.1) is 5.88 Å². The molecule has 0 radical (unpaired) electrons. The Morgan fingerprint density at radius 3 is 2.44 bits per heavy atom. The van der Waals surface area contributed by atoms with E-state index in [1.165, 1.54) is 11.3 Å². The minimum atomic E-state index is 0.578. The fourth-order valence-electron chi connectivity index (χ4n) is 0.817. The van der Waals surface area contributed by atoms with Crippen LogP contribution < -0.4 is 0 Å². The van der Waals surface area contributed by atoms with E-state index >= 15 is 0 Å². The second-order valence-corrected chi connectivity index (χ2v) is 2.50. The Hall–Kier alpha value is -0.430. The number of hydrogen-bond acceptors (Lipinski definition) is 0. The number of alkyl halides is 1. The van der Waals surface area contributed by atoms with Crippen LogP contribution in [-0.4, -0.2) is 4.98 Å². The first kappa shape index (κ1) is 6.69. The number of rotatable bonds is 1. The van der Waals surface area contributed by atoms with Gasteiger partial charge in [-0.1, -0.05) is 0 Å². The summed E-state index contributed by atoms with van der Waals surface area (Å²) in [6.07, 6.45) is 0. The molecule has 1 aromatic heterocycles. The van der Waals surface area contributed by atoms with Crippen LogP contribution in [-0.2, 0) is 5.88 Å². The van der Waals surface area contributed by atoms with Crippen LogP contribution in [0.5, 0.6) is 0 Å². The number of aryl methyl sites for hydroxylation is 2. The predicted octanol–water partition coefficient (Wildman–Crippen LogP) is 2.37. The summed E-state index contributed by atoms with van der Waals surface area (Å²) in [6, 6.07) is 2.07. The highest BCUT2D eigenvalue weighted by Crippen LogP contribution is 2.09. The summed E-state index contributed by atoms with van der Waals surface area (Å²) in [5, 5.41) is 0. The first-order valence-electron chi connectivity index (χ1n) is 2.95. The average Bonchev–Trinajstić information content (AvgIpc) is 2.13. The first-order valence-corrected chi connectivity index (χ1v) is 3.48. The lowest BCUT2D eigenvalue weighted by Gasteiger charge is -1.84. The highest BCUT2D eigenvalue weighted by molar-refractivity contribution is 6.16. The number of hydrogen-bond donors (Lipinski definition) is 1. The fourth-order valence-corrected chi connectivity index (χ4v) is 0.961. The van der Waals surface area contributed by atoms with Crippen molar-refractivity contribution in [3.05, 3.63) is 23.0 Å². The Labute approximate surface area is 60.0 Å². The van der Waals surface area contributed by atoms with E-state index in [9.17, 15) is 0 Å². The molecule has 2 heteroatoms. The maximum atomic E-state index is 5.58. The molecule has 50 valence electrons. The van der Waals surface area contributed by atoms with Crippen molar-refractivity contribution in [2.75, 3.05) is 0 Å². The molecule has 0 aliphatic carbocycles. The zero-order chi connectivity index (χ0) is 6.85. The summed E-state index contributed by atoms with van der Waals surface area (Å²) >= 11 is 5.58. The highest BCUT2D eigenvalue weighted by atomic mass is 35.5. The van der Waals surface area contributed by atoms with E-state index in [0.29, 0.717) is 5.88 Å². The topological polar surface area (TPSA) is 15.8 Å². The lowest BCUT2D eigenvalue weighted by Crippen LogP contribution is -1.75. The van der Waals surface area contributed by atoms with Crippen LogP contribution in [0.3, 0.4) is 0 Å². The smallest absolute Gasteiger partial charge is 0.0625 e. The van der Waals surface area contributed by atoms with Crippen molar-refractivity contribution in [3.8, 4) is 0 Å². The van der Waals surface area contributed by atoms with Crippen molar-refractivity contribution in [1.82, 2.24) is 4.98 Å². The molecule has 0 aliphatic rings. The fraction of sp³-hybridized carbons (Fsp3) is 0.429. The van der Waals surface area contributed by atoms with Crippen molar-refractivity contribution in [2.24, 2.45) is 0 Å². The van der Waals surface area contributed by atoms with Gasteiger partial charge in [-0.05, 0) is 25.5 Å². The molecule has 0 atom stereocenters. The second-order valence-electron chi connectivity index (χ2n) is 2.24. The van der Waals surface area contributed by atoms with Gasteiger partial charge in [-0.2, -0.15) is 0 Å². The minimum absolute atomic E-state index is 0.578. The van der Waals surface area contributed by atoms with Gasteiger partial charge in [-0.25, -0.2) is 0 Å². The summed E-state index contributed by atoms with van der Waals surface area (Å²) in [4.78, 5) is 3.16. The molecule has 0 spiro atoms. The molecule has 0 unspecified atom stereocenters. The van der Waals surface area contributed by atoms with E-state index in [1.807, 2.05) is 6.92 Å². The molecule has 0 aliphatic heterocycles. The average molecular weight is 144 g/mol. The molecule has 9 heavy (non-hydrogen) atoms. The third-order valence-electron chi connectivity index (χ3n) is 1.47. The van der Waals surface area contributed by atoms with Gasteiger partial charge in [0.25, 0.3) is 0 Å². The Morgan fingerprint density at radius 2 is 2.22 bits per heavy atom. The highest BCUT2D eigenvalue weighted by Gasteiger charge is 1.96. The molecule has 0 aromatic carbocycles. The summed E-state index contributed by atoms with van der Waals surface area (Å²) in [5.41, 5.74) is 3.60. The molecule has 0 fully saturated rings. The summed E-state index contributed by atoms with van der Waals surface area (Å²) in [5.74, 6) is 0.578. The molecular formula is C7H10ClN. The standard InChI is InChI=1S/C7H10ClN/c1-5-3-7(4-8)9-6(5)2/h3,9H,4H2,1-2H3. The molecule has 1 rings (SSSR count). The number of halogens is 1. The Kier molecular flexibility index (Phi) is 1.81. The summed E-state index contributed by atoms with van der Waals surface area (Å²) in [6.45, 7) is 4.12. The normalized spacial score (nSPS) is 10.1. The van der Waals surface area contributed by atoms with Gasteiger partial charge in [0.15, 0.2) is 0 Å². The van der Waals surface area contributed by atoms with Crippen molar-refractivity contribution in [2.45, 2.75) is 19.7 Å². The molecule has 1 heterocycles. The number of aromatic nitrogens is 1. The van der Waals surface area contributed by atoms with E-state index in [1.54, 1.807) is 0 Å². The summed E-state index contributed by atoms with van der Waals surface area (Å²) in [7, 11) is 0. The van der Waals surface area contributed by atoms with Gasteiger partial charge in [-0.3, -0.25) is 0 Å². The molecule has 1 aromatic rings. The first-order chi connectivity index (χ1) is 4.24. The Bertz CT molecular complexity index is 183. The van der Waals surface area contributed by atoms with Gasteiger partial charge in [0.2, 0.25) is 0 Å². The molecule has 0 saturated heterocycles. The van der Waals surface area contributed by atoms with Crippen LogP contribution >= 0.6 is 11.6 Å². The lowest BCUT2D eigenvalue weighted by atomic mass is 10.3. The largest absolute Gasteiger partial charge is 0.361 e. The monoisotopic (exact) mass is 143 g/mol. The third-order valence-corrected chi connectivity index (χ3v) is 1.76. The number of H-pyrrole nitrogens is 1. The lowest BCUT2D eigenvalue weighted by molar-refractivity contribution is 1.16. The molecular weight excluding hydrogens is 134 g/mol. The van der Waals surface area contributed by atoms with Crippen LogP contribution in [0.2, 0.25) is 0 Å². The van der Waals surface area contributed by atoms with E-state index < -0.39 is 0 Å². The second kappa shape index (κ2) is 2.44. The number of aromatic amines is 1. The quantitative estimate of drug-likeness (QED) is 0.581. The maximum Gasteiger partial charge on any atom is 0.0625 e. The van der Waals surface area contributed by atoms with Gasteiger partial charge >= 0.3 is 0 Å². The zero-order valence-electron chi connectivity index (χ0n) is 5.66. The Morgan fingerprint density at radius 1 is 1.56 bits per heavy atom. The predicted molar refractivity (Wildman–Crippen MR) is 39.8 cm³/mol. The van der Waals surface area contributed by atoms with Crippen LogP contribution in [0.15, 0.2) is 6.07 Å². The van der Waals surface area contributed by atoms with Crippen LogP contribution in [0, 0.1) is 13.8 Å². The SMILES string of the molecule is Cc1cc(CCl)[nH]c1C. The minimum Gasteiger partial charge on any atom is -0.361 e. The van der Waals surface area contributed by atoms with E-state index in [2.05, 4.69) is 18.0 Å². The van der Waals surface area contributed by atoms with Gasteiger partial charge in [0, 0.05) is 11.4 Å². The van der Waals surface area contributed by atoms with Gasteiger partial charge in [0.1, 0.15) is 0 Å². The third kappa shape index (κ3) is 1.28. The molecule has 0 amide bonds. The van der Waals surface area contributed by atoms with Crippen molar-refractivity contribution < 1.29 is 0 Å². The molecule has 1 nitrogen and oxygen atoms in total. The number of nitrogens with one attached hydrogen (secondary N) is 1. The molecule has 1 N–H and O–H groups in total. The van der Waals surface area contributed by atoms with E-state index in [0.717, 1.165) is 5.69 Å². The van der Waals surface area contributed by atoms with Crippen LogP contribution in [0.25, 0.3) is 0 Å². The Balaban J connectivity index is 2.98. The zero-order valence-corrected chi connectivity index (χ0v) is 6.42. The molecule has 0 saturated carbocycles. The van der Waals surface area contributed by atoms with Crippen LogP contribution in [0.1, 0.15) is 17.0 Å². The van der Waals surface area contributed by atoms with Crippen LogP contribution in [0.4, 0.5) is 0 Å². The van der Waals surface area contributed by atoms with Gasteiger partial charge < -0.3 is 4.98 Å².